The molecule has 0 amide bonds. The summed E-state index contributed by atoms with van der Waals surface area (Å²) in [6.45, 7) is 9.13. The van der Waals surface area contributed by atoms with Gasteiger partial charge in [-0.15, -0.1) is 0 Å². The lowest BCUT2D eigenvalue weighted by atomic mass is 9.94. The summed E-state index contributed by atoms with van der Waals surface area (Å²) in [6, 6.07) is 9.93. The number of oxazole rings is 1. The van der Waals surface area contributed by atoms with Gasteiger partial charge in [-0.1, -0.05) is 51.1 Å². The van der Waals surface area contributed by atoms with E-state index in [0.29, 0.717) is 26.2 Å². The Morgan fingerprint density at radius 2 is 2.04 bits per heavy atom. The van der Waals surface area contributed by atoms with Gasteiger partial charge in [0.15, 0.2) is 0 Å². The minimum atomic E-state index is -0.495. The van der Waals surface area contributed by atoms with E-state index in [9.17, 15) is 5.11 Å². The topological polar surface area (TPSA) is 58.7 Å². The normalized spacial score (nSPS) is 20.6. The predicted octanol–water partition coefficient (Wildman–Crippen LogP) is 3.30. The highest BCUT2D eigenvalue weighted by molar-refractivity contribution is 5.17. The van der Waals surface area contributed by atoms with Crippen LogP contribution >= 0.6 is 0 Å². The van der Waals surface area contributed by atoms with Gasteiger partial charge in [0.05, 0.1) is 32.1 Å². The van der Waals surface area contributed by atoms with Gasteiger partial charge in [-0.25, -0.2) is 4.98 Å². The number of morpholine rings is 1. The molecule has 2 unspecified atom stereocenters. The molecule has 2 aromatic rings. The summed E-state index contributed by atoms with van der Waals surface area (Å²) in [6.07, 6.45) is 1.96. The number of hydrogen-bond donors (Lipinski definition) is 1. The van der Waals surface area contributed by atoms with Gasteiger partial charge in [0, 0.05) is 18.0 Å². The Kier molecular flexibility index (Phi) is 5.57. The van der Waals surface area contributed by atoms with E-state index in [1.807, 2.05) is 36.5 Å². The van der Waals surface area contributed by atoms with Crippen LogP contribution in [0.4, 0.5) is 0 Å². The van der Waals surface area contributed by atoms with E-state index in [-0.39, 0.29) is 11.5 Å². The van der Waals surface area contributed by atoms with E-state index in [1.54, 1.807) is 0 Å². The minimum absolute atomic E-state index is 0.0425. The fraction of sp³-hybridized carbons (Fsp3) is 0.550. The Morgan fingerprint density at radius 1 is 1.28 bits per heavy atom. The molecule has 1 aromatic carbocycles. The van der Waals surface area contributed by atoms with E-state index in [1.165, 1.54) is 0 Å². The van der Waals surface area contributed by atoms with Gasteiger partial charge >= 0.3 is 0 Å². The number of aliphatic hydroxyl groups is 1. The van der Waals surface area contributed by atoms with Crippen LogP contribution < -0.4 is 0 Å². The highest BCUT2D eigenvalue weighted by Crippen LogP contribution is 2.26. The largest absolute Gasteiger partial charge is 0.444 e. The molecule has 0 radical (unpaired) electrons. The first-order valence-electron chi connectivity index (χ1n) is 8.93. The van der Waals surface area contributed by atoms with Crippen LogP contribution in [0.5, 0.6) is 0 Å². The van der Waals surface area contributed by atoms with Crippen LogP contribution in [-0.2, 0) is 16.7 Å². The summed E-state index contributed by atoms with van der Waals surface area (Å²) >= 11 is 0. The standard InChI is InChI=1S/C20H28N2O3/c1-20(2,3)18-12-21-19(25-18)13-22-9-10-24-14-16(22)11-17(23)15-7-5-4-6-8-15/h4-8,12,16-17,23H,9-11,13-14H2,1-3H3. The first-order chi connectivity index (χ1) is 11.9. The van der Waals surface area contributed by atoms with Gasteiger partial charge in [0.2, 0.25) is 5.89 Å². The summed E-state index contributed by atoms with van der Waals surface area (Å²) in [5, 5.41) is 10.5. The molecule has 0 aliphatic carbocycles. The van der Waals surface area contributed by atoms with E-state index in [2.05, 4.69) is 30.7 Å². The molecule has 5 heteroatoms. The van der Waals surface area contributed by atoms with Gasteiger partial charge in [0.1, 0.15) is 5.76 Å². The monoisotopic (exact) mass is 344 g/mol. The number of benzene rings is 1. The second kappa shape index (κ2) is 7.68. The van der Waals surface area contributed by atoms with E-state index >= 15 is 0 Å². The van der Waals surface area contributed by atoms with Crippen LogP contribution in [0, 0.1) is 0 Å². The second-order valence-electron chi connectivity index (χ2n) is 7.73. The zero-order valence-corrected chi connectivity index (χ0v) is 15.3. The van der Waals surface area contributed by atoms with Crippen molar-refractivity contribution >= 4 is 0 Å². The third kappa shape index (κ3) is 4.69. The Balaban J connectivity index is 1.66. The first-order valence-corrected chi connectivity index (χ1v) is 8.93. The molecule has 2 heterocycles. The van der Waals surface area contributed by atoms with Crippen LogP contribution in [0.1, 0.15) is 50.5 Å². The molecule has 2 atom stereocenters. The molecular formula is C20H28N2O3. The van der Waals surface area contributed by atoms with Gasteiger partial charge in [-0.3, -0.25) is 4.90 Å². The number of aliphatic hydroxyl groups excluding tert-OH is 1. The van der Waals surface area contributed by atoms with Gasteiger partial charge in [-0.05, 0) is 12.0 Å². The number of ether oxygens (including phenoxy) is 1. The first kappa shape index (κ1) is 18.1. The summed E-state index contributed by atoms with van der Waals surface area (Å²) < 4.78 is 11.6. The van der Waals surface area contributed by atoms with Crippen molar-refractivity contribution in [3.63, 3.8) is 0 Å². The Morgan fingerprint density at radius 3 is 2.72 bits per heavy atom. The molecule has 0 spiro atoms. The average molecular weight is 344 g/mol. The summed E-state index contributed by atoms with van der Waals surface area (Å²) in [5.41, 5.74) is 0.901. The molecule has 3 rings (SSSR count). The number of rotatable bonds is 5. The molecule has 1 fully saturated rings. The Bertz CT molecular complexity index is 663. The van der Waals surface area contributed by atoms with Crippen LogP contribution in [0.15, 0.2) is 40.9 Å². The van der Waals surface area contributed by atoms with Crippen molar-refractivity contribution in [2.24, 2.45) is 0 Å². The van der Waals surface area contributed by atoms with Crippen molar-refractivity contribution in [3.8, 4) is 0 Å². The lowest BCUT2D eigenvalue weighted by molar-refractivity contribution is -0.0331. The Labute approximate surface area is 149 Å². The maximum absolute atomic E-state index is 10.5. The van der Waals surface area contributed by atoms with Crippen molar-refractivity contribution in [1.29, 1.82) is 0 Å². The molecule has 25 heavy (non-hydrogen) atoms. The quantitative estimate of drug-likeness (QED) is 0.902. The van der Waals surface area contributed by atoms with Crippen molar-refractivity contribution in [1.82, 2.24) is 9.88 Å². The maximum atomic E-state index is 10.5. The third-order valence-electron chi connectivity index (χ3n) is 4.66. The molecule has 0 bridgehead atoms. The highest BCUT2D eigenvalue weighted by atomic mass is 16.5. The molecule has 1 aliphatic heterocycles. The van der Waals surface area contributed by atoms with Gasteiger partial charge in [0.25, 0.3) is 0 Å². The highest BCUT2D eigenvalue weighted by Gasteiger charge is 2.28. The zero-order chi connectivity index (χ0) is 17.9. The maximum Gasteiger partial charge on any atom is 0.208 e. The second-order valence-corrected chi connectivity index (χ2v) is 7.73. The molecule has 1 aliphatic rings. The molecule has 136 valence electrons. The predicted molar refractivity (Wildman–Crippen MR) is 96.2 cm³/mol. The summed E-state index contributed by atoms with van der Waals surface area (Å²) in [5.74, 6) is 1.63. The minimum Gasteiger partial charge on any atom is -0.444 e. The van der Waals surface area contributed by atoms with Gasteiger partial charge in [-0.2, -0.15) is 0 Å². The van der Waals surface area contributed by atoms with E-state index in [4.69, 9.17) is 9.15 Å². The average Bonchev–Trinajstić information content (AvgIpc) is 3.06. The van der Waals surface area contributed by atoms with Crippen LogP contribution in [-0.4, -0.2) is 40.8 Å². The van der Waals surface area contributed by atoms with Crippen LogP contribution in [0.2, 0.25) is 0 Å². The fourth-order valence-corrected chi connectivity index (χ4v) is 3.09. The molecule has 1 saturated heterocycles. The molecule has 0 saturated carbocycles. The van der Waals surface area contributed by atoms with Gasteiger partial charge < -0.3 is 14.3 Å². The lowest BCUT2D eigenvalue weighted by Gasteiger charge is -2.35. The third-order valence-corrected chi connectivity index (χ3v) is 4.66. The van der Waals surface area contributed by atoms with Crippen molar-refractivity contribution in [2.45, 2.75) is 51.3 Å². The number of nitrogens with zero attached hydrogens (tertiary/aromatic N) is 2. The van der Waals surface area contributed by atoms with Crippen molar-refractivity contribution in [3.05, 3.63) is 53.7 Å². The van der Waals surface area contributed by atoms with Crippen LogP contribution in [0.3, 0.4) is 0 Å². The number of aromatic nitrogens is 1. The summed E-state index contributed by atoms with van der Waals surface area (Å²) in [7, 11) is 0. The Hall–Kier alpha value is -1.69. The SMILES string of the molecule is CC(C)(C)c1cnc(CN2CCOCC2CC(O)c2ccccc2)o1. The molecule has 1 N–H and O–H groups in total. The smallest absolute Gasteiger partial charge is 0.208 e. The lowest BCUT2D eigenvalue weighted by Crippen LogP contribution is -2.45. The zero-order valence-electron chi connectivity index (χ0n) is 15.3. The van der Waals surface area contributed by atoms with Crippen molar-refractivity contribution in [2.75, 3.05) is 19.8 Å². The molecule has 5 nitrogen and oxygen atoms in total. The van der Waals surface area contributed by atoms with E-state index < -0.39 is 6.10 Å². The number of hydrogen-bond acceptors (Lipinski definition) is 5. The molecular weight excluding hydrogens is 316 g/mol. The van der Waals surface area contributed by atoms with E-state index in [0.717, 1.165) is 23.8 Å². The fourth-order valence-electron chi connectivity index (χ4n) is 3.09. The van der Waals surface area contributed by atoms with Crippen molar-refractivity contribution < 1.29 is 14.3 Å². The van der Waals surface area contributed by atoms with Crippen LogP contribution in [0.25, 0.3) is 0 Å². The molecule has 1 aromatic heterocycles. The summed E-state index contributed by atoms with van der Waals surface area (Å²) in [4.78, 5) is 6.74.